The Kier molecular flexibility index (Phi) is 3.92. The van der Waals surface area contributed by atoms with E-state index in [1.807, 2.05) is 0 Å². The van der Waals surface area contributed by atoms with Crippen molar-refractivity contribution in [3.8, 4) is 0 Å². The smallest absolute Gasteiger partial charge is 0.408 e. The largest absolute Gasteiger partial charge is 0.444 e. The quantitative estimate of drug-likeness (QED) is 0.407. The number of hydrogen-bond acceptors (Lipinski definition) is 4. The van der Waals surface area contributed by atoms with Gasteiger partial charge in [-0.05, 0) is 34.6 Å². The fourth-order valence-corrected chi connectivity index (χ4v) is 0.743. The Labute approximate surface area is 84.1 Å². The lowest BCUT2D eigenvalue weighted by Crippen LogP contribution is -2.46. The van der Waals surface area contributed by atoms with Crippen LogP contribution in [-0.4, -0.2) is 28.7 Å². The zero-order chi connectivity index (χ0) is 11.4. The zero-order valence-corrected chi connectivity index (χ0v) is 9.29. The van der Waals surface area contributed by atoms with Gasteiger partial charge in [0.2, 0.25) is 0 Å². The summed E-state index contributed by atoms with van der Waals surface area (Å²) in [4.78, 5) is 11.3. The van der Waals surface area contributed by atoms with E-state index in [-0.39, 0.29) is 0 Å². The summed E-state index contributed by atoms with van der Waals surface area (Å²) in [6.07, 6.45) is 0.680. The first kappa shape index (κ1) is 12.7. The van der Waals surface area contributed by atoms with E-state index in [9.17, 15) is 4.79 Å². The molecule has 0 unspecified atom stereocenters. The van der Waals surface area contributed by atoms with E-state index >= 15 is 0 Å². The van der Waals surface area contributed by atoms with Crippen molar-refractivity contribution in [1.82, 2.24) is 5.32 Å². The fraction of sp³-hybridized carbons (Fsp3) is 0.778. The molecule has 0 rings (SSSR count). The Morgan fingerprint density at radius 3 is 2.21 bits per heavy atom. The van der Waals surface area contributed by atoms with Crippen molar-refractivity contribution in [2.75, 3.05) is 0 Å². The highest BCUT2D eigenvalue weighted by molar-refractivity contribution is 5.77. The maximum absolute atomic E-state index is 11.3. The SMILES string of the molecule is CC(C)(/C=N\O)NC(=O)OC(C)(C)C. The third-order valence-electron chi connectivity index (χ3n) is 1.20. The molecule has 0 saturated carbocycles. The molecule has 5 heteroatoms. The molecule has 2 N–H and O–H groups in total. The number of carbonyl (C=O) groups excluding carboxylic acids is 1. The van der Waals surface area contributed by atoms with Crippen LogP contribution in [0.2, 0.25) is 0 Å². The van der Waals surface area contributed by atoms with Gasteiger partial charge in [0, 0.05) is 0 Å². The molecule has 14 heavy (non-hydrogen) atoms. The summed E-state index contributed by atoms with van der Waals surface area (Å²) in [6, 6.07) is 0. The first-order valence-electron chi connectivity index (χ1n) is 4.36. The number of nitrogens with zero attached hydrogens (tertiary/aromatic N) is 1. The highest BCUT2D eigenvalue weighted by Gasteiger charge is 2.22. The second-order valence-electron chi connectivity index (χ2n) is 4.59. The molecule has 0 radical (unpaired) electrons. The Hall–Kier alpha value is -1.26. The van der Waals surface area contributed by atoms with Crippen molar-refractivity contribution >= 4 is 12.3 Å². The van der Waals surface area contributed by atoms with E-state index in [4.69, 9.17) is 9.94 Å². The van der Waals surface area contributed by atoms with Gasteiger partial charge in [-0.15, -0.1) is 0 Å². The number of ether oxygens (including phenoxy) is 1. The van der Waals surface area contributed by atoms with Crippen LogP contribution in [0.15, 0.2) is 5.16 Å². The highest BCUT2D eigenvalue weighted by Crippen LogP contribution is 2.08. The van der Waals surface area contributed by atoms with Crippen molar-refractivity contribution in [3.63, 3.8) is 0 Å². The van der Waals surface area contributed by atoms with Crippen molar-refractivity contribution in [1.29, 1.82) is 0 Å². The van der Waals surface area contributed by atoms with Gasteiger partial charge in [-0.3, -0.25) is 0 Å². The Balaban J connectivity index is 4.20. The molecule has 0 aromatic rings. The topological polar surface area (TPSA) is 70.9 Å². The molecule has 0 aliphatic heterocycles. The van der Waals surface area contributed by atoms with E-state index in [0.717, 1.165) is 0 Å². The maximum Gasteiger partial charge on any atom is 0.408 e. The zero-order valence-electron chi connectivity index (χ0n) is 9.29. The minimum atomic E-state index is -0.725. The highest BCUT2D eigenvalue weighted by atomic mass is 16.6. The van der Waals surface area contributed by atoms with Gasteiger partial charge in [0.05, 0.1) is 11.8 Å². The number of nitrogens with one attached hydrogen (secondary N) is 1. The summed E-state index contributed by atoms with van der Waals surface area (Å²) >= 11 is 0. The van der Waals surface area contributed by atoms with Gasteiger partial charge in [0.15, 0.2) is 0 Å². The minimum Gasteiger partial charge on any atom is -0.444 e. The summed E-state index contributed by atoms with van der Waals surface area (Å²) in [6.45, 7) is 8.71. The fourth-order valence-electron chi connectivity index (χ4n) is 0.743. The number of amides is 1. The Morgan fingerprint density at radius 1 is 1.36 bits per heavy atom. The molecule has 0 aliphatic rings. The second kappa shape index (κ2) is 4.30. The second-order valence-corrected chi connectivity index (χ2v) is 4.59. The summed E-state index contributed by atoms with van der Waals surface area (Å²) in [5.74, 6) is 0. The normalized spacial score (nSPS) is 12.9. The molecule has 0 bridgehead atoms. The predicted octanol–water partition coefficient (Wildman–Crippen LogP) is 1.75. The van der Waals surface area contributed by atoms with E-state index in [1.54, 1.807) is 34.6 Å². The molecular formula is C9H18N2O3. The van der Waals surface area contributed by atoms with Crippen LogP contribution in [-0.2, 0) is 4.74 Å². The molecular weight excluding hydrogens is 184 g/mol. The van der Waals surface area contributed by atoms with E-state index in [2.05, 4.69) is 10.5 Å². The van der Waals surface area contributed by atoms with Crippen LogP contribution < -0.4 is 5.32 Å². The lowest BCUT2D eigenvalue weighted by atomic mass is 10.1. The van der Waals surface area contributed by atoms with Gasteiger partial charge in [-0.2, -0.15) is 0 Å². The van der Waals surface area contributed by atoms with Crippen LogP contribution in [0.1, 0.15) is 34.6 Å². The van der Waals surface area contributed by atoms with Gasteiger partial charge >= 0.3 is 6.09 Å². The summed E-state index contributed by atoms with van der Waals surface area (Å²) < 4.78 is 5.03. The Bertz CT molecular complexity index is 229. The van der Waals surface area contributed by atoms with Crippen LogP contribution in [0.3, 0.4) is 0 Å². The minimum absolute atomic E-state index is 0.531. The van der Waals surface area contributed by atoms with Crippen LogP contribution in [0.4, 0.5) is 4.79 Å². The standard InChI is InChI=1S/C9H18N2O3/c1-8(2,3)14-7(12)11-9(4,5)6-10-13/h6,13H,1-5H3,(H,11,12)/b10-6-. The number of alkyl carbamates (subject to hydrolysis) is 1. The summed E-state index contributed by atoms with van der Waals surface area (Å²) in [5.41, 5.74) is -1.26. The van der Waals surface area contributed by atoms with Crippen LogP contribution >= 0.6 is 0 Å². The first-order valence-corrected chi connectivity index (χ1v) is 4.36. The van der Waals surface area contributed by atoms with Gasteiger partial charge in [-0.1, -0.05) is 5.16 Å². The van der Waals surface area contributed by atoms with Crippen molar-refractivity contribution in [3.05, 3.63) is 0 Å². The van der Waals surface area contributed by atoms with Gasteiger partial charge in [0.25, 0.3) is 0 Å². The predicted molar refractivity (Wildman–Crippen MR) is 53.7 cm³/mol. The average Bonchev–Trinajstić information content (AvgIpc) is 1.78. The molecule has 0 atom stereocenters. The molecule has 0 aromatic carbocycles. The monoisotopic (exact) mass is 202 g/mol. The summed E-state index contributed by atoms with van der Waals surface area (Å²) in [5, 5.41) is 13.7. The number of carbonyl (C=O) groups is 1. The van der Waals surface area contributed by atoms with Crippen molar-refractivity contribution in [2.24, 2.45) is 5.16 Å². The van der Waals surface area contributed by atoms with Gasteiger partial charge in [-0.25, -0.2) is 4.79 Å². The molecule has 0 spiro atoms. The van der Waals surface area contributed by atoms with Crippen LogP contribution in [0.25, 0.3) is 0 Å². The molecule has 0 saturated heterocycles. The molecule has 0 aromatic heterocycles. The number of hydrogen-bond donors (Lipinski definition) is 2. The van der Waals surface area contributed by atoms with E-state index < -0.39 is 17.2 Å². The van der Waals surface area contributed by atoms with Gasteiger partial charge < -0.3 is 15.3 Å². The lowest BCUT2D eigenvalue weighted by Gasteiger charge is -2.25. The molecule has 1 amide bonds. The van der Waals surface area contributed by atoms with Crippen molar-refractivity contribution in [2.45, 2.75) is 45.8 Å². The molecule has 5 nitrogen and oxygen atoms in total. The van der Waals surface area contributed by atoms with Gasteiger partial charge in [0.1, 0.15) is 5.60 Å². The average molecular weight is 202 g/mol. The molecule has 0 fully saturated rings. The van der Waals surface area contributed by atoms with E-state index in [0.29, 0.717) is 0 Å². The first-order chi connectivity index (χ1) is 6.16. The third-order valence-corrected chi connectivity index (χ3v) is 1.20. The van der Waals surface area contributed by atoms with Crippen LogP contribution in [0.5, 0.6) is 0 Å². The molecule has 0 aliphatic carbocycles. The third kappa shape index (κ3) is 6.28. The molecule has 0 heterocycles. The van der Waals surface area contributed by atoms with Crippen molar-refractivity contribution < 1.29 is 14.7 Å². The number of rotatable bonds is 2. The Morgan fingerprint density at radius 2 is 1.86 bits per heavy atom. The van der Waals surface area contributed by atoms with E-state index in [1.165, 1.54) is 6.21 Å². The lowest BCUT2D eigenvalue weighted by molar-refractivity contribution is 0.0498. The number of oxime groups is 1. The molecule has 82 valence electrons. The maximum atomic E-state index is 11.3. The van der Waals surface area contributed by atoms with Crippen LogP contribution in [0, 0.1) is 0 Å². The summed E-state index contributed by atoms with van der Waals surface area (Å²) in [7, 11) is 0.